The van der Waals surface area contributed by atoms with Gasteiger partial charge in [0.1, 0.15) is 5.82 Å². The van der Waals surface area contributed by atoms with Gasteiger partial charge >= 0.3 is 0 Å². The first-order chi connectivity index (χ1) is 14.8. The van der Waals surface area contributed by atoms with Crippen LogP contribution in [0.4, 0.5) is 0 Å². The molecule has 0 amide bonds. The van der Waals surface area contributed by atoms with Crippen molar-refractivity contribution in [3.63, 3.8) is 0 Å². The van der Waals surface area contributed by atoms with E-state index in [0.29, 0.717) is 12.5 Å². The summed E-state index contributed by atoms with van der Waals surface area (Å²) in [5.74, 6) is 3.23. The number of nitrogens with zero attached hydrogens (tertiary/aromatic N) is 4. The number of hydrogen-bond donors (Lipinski definition) is 2. The molecule has 0 saturated heterocycles. The molecule has 0 spiro atoms. The molecule has 30 heavy (non-hydrogen) atoms. The molecule has 0 bridgehead atoms. The van der Waals surface area contributed by atoms with Crippen LogP contribution in [-0.2, 0) is 25.9 Å². The number of rotatable bonds is 7. The molecule has 1 aliphatic rings. The van der Waals surface area contributed by atoms with Crippen LogP contribution < -0.4 is 10.6 Å². The molecule has 6 heteroatoms. The van der Waals surface area contributed by atoms with E-state index in [1.165, 1.54) is 24.0 Å². The van der Waals surface area contributed by atoms with Crippen molar-refractivity contribution in [2.45, 2.75) is 44.7 Å². The lowest BCUT2D eigenvalue weighted by molar-refractivity contribution is 0.504. The zero-order valence-electron chi connectivity index (χ0n) is 17.6. The largest absolute Gasteiger partial charge is 0.356 e. The summed E-state index contributed by atoms with van der Waals surface area (Å²) in [6, 6.07) is 21.3. The third kappa shape index (κ3) is 5.06. The van der Waals surface area contributed by atoms with Gasteiger partial charge in [-0.25, -0.2) is 0 Å². The molecule has 1 unspecified atom stereocenters. The van der Waals surface area contributed by atoms with E-state index in [9.17, 15) is 0 Å². The summed E-state index contributed by atoms with van der Waals surface area (Å²) in [4.78, 5) is 4.41. The van der Waals surface area contributed by atoms with Crippen LogP contribution in [0, 0.1) is 0 Å². The zero-order chi connectivity index (χ0) is 20.6. The molecular formula is C24H30N6. The first-order valence-corrected chi connectivity index (χ1v) is 10.8. The SMILES string of the molecule is CN=C(NCc1nnc2n1CCCC2)NCC(Cc1ccccc1)c1ccccc1. The standard InChI is InChI=1S/C24H30N6/c1-25-24(27-18-23-29-28-22-14-8-9-15-30(22)23)26-17-21(20-12-6-3-7-13-20)16-19-10-4-2-5-11-19/h2-7,10-13,21H,8-9,14-18H2,1H3,(H2,25,26,27). The zero-order valence-corrected chi connectivity index (χ0v) is 17.6. The fourth-order valence-corrected chi connectivity index (χ4v) is 4.03. The minimum Gasteiger partial charge on any atom is -0.356 e. The lowest BCUT2D eigenvalue weighted by atomic mass is 9.92. The molecule has 6 nitrogen and oxygen atoms in total. The molecule has 0 aliphatic carbocycles. The molecule has 0 radical (unpaired) electrons. The molecule has 4 rings (SSSR count). The summed E-state index contributed by atoms with van der Waals surface area (Å²) in [5.41, 5.74) is 2.67. The smallest absolute Gasteiger partial charge is 0.191 e. The average molecular weight is 403 g/mol. The van der Waals surface area contributed by atoms with E-state index in [-0.39, 0.29) is 0 Å². The van der Waals surface area contributed by atoms with E-state index >= 15 is 0 Å². The fourth-order valence-electron chi connectivity index (χ4n) is 4.03. The van der Waals surface area contributed by atoms with Gasteiger partial charge in [-0.1, -0.05) is 60.7 Å². The fraction of sp³-hybridized carbons (Fsp3) is 0.375. The molecule has 1 aromatic heterocycles. The first-order valence-electron chi connectivity index (χ1n) is 10.8. The Bertz CT molecular complexity index is 948. The average Bonchev–Trinajstić information content (AvgIpc) is 3.23. The minimum atomic E-state index is 0.355. The van der Waals surface area contributed by atoms with Gasteiger partial charge in [0.15, 0.2) is 11.8 Å². The molecule has 156 valence electrons. The van der Waals surface area contributed by atoms with Crippen LogP contribution in [0.5, 0.6) is 0 Å². The van der Waals surface area contributed by atoms with E-state index in [2.05, 4.69) is 91.1 Å². The van der Waals surface area contributed by atoms with Gasteiger partial charge in [0.05, 0.1) is 6.54 Å². The van der Waals surface area contributed by atoms with Crippen LogP contribution in [0.15, 0.2) is 65.7 Å². The van der Waals surface area contributed by atoms with E-state index in [4.69, 9.17) is 0 Å². The summed E-state index contributed by atoms with van der Waals surface area (Å²) < 4.78 is 2.24. The second-order valence-electron chi connectivity index (χ2n) is 7.75. The third-order valence-corrected chi connectivity index (χ3v) is 5.69. The van der Waals surface area contributed by atoms with Crippen molar-refractivity contribution >= 4 is 5.96 Å². The van der Waals surface area contributed by atoms with Crippen LogP contribution in [0.2, 0.25) is 0 Å². The molecule has 1 aliphatic heterocycles. The molecule has 2 N–H and O–H groups in total. The Morgan fingerprint density at radius 2 is 1.77 bits per heavy atom. The Morgan fingerprint density at radius 3 is 2.53 bits per heavy atom. The second kappa shape index (κ2) is 10.1. The van der Waals surface area contributed by atoms with Crippen LogP contribution >= 0.6 is 0 Å². The molecule has 1 atom stereocenters. The van der Waals surface area contributed by atoms with E-state index in [0.717, 1.165) is 43.5 Å². The maximum absolute atomic E-state index is 4.41. The third-order valence-electron chi connectivity index (χ3n) is 5.69. The maximum atomic E-state index is 4.41. The van der Waals surface area contributed by atoms with Crippen molar-refractivity contribution in [2.75, 3.05) is 13.6 Å². The number of aromatic nitrogens is 3. The Morgan fingerprint density at radius 1 is 1.00 bits per heavy atom. The number of hydrogen-bond acceptors (Lipinski definition) is 3. The predicted octanol–water partition coefficient (Wildman–Crippen LogP) is 3.31. The van der Waals surface area contributed by atoms with E-state index < -0.39 is 0 Å². The predicted molar refractivity (Wildman–Crippen MR) is 120 cm³/mol. The van der Waals surface area contributed by atoms with Crippen LogP contribution in [-0.4, -0.2) is 34.3 Å². The quantitative estimate of drug-likeness (QED) is 0.470. The van der Waals surface area contributed by atoms with Gasteiger partial charge in [0, 0.05) is 32.5 Å². The Labute approximate surface area is 178 Å². The van der Waals surface area contributed by atoms with Gasteiger partial charge in [-0.3, -0.25) is 4.99 Å². The summed E-state index contributed by atoms with van der Waals surface area (Å²) in [6.07, 6.45) is 4.41. The summed E-state index contributed by atoms with van der Waals surface area (Å²) in [5, 5.41) is 15.6. The van der Waals surface area contributed by atoms with Crippen molar-refractivity contribution in [1.82, 2.24) is 25.4 Å². The van der Waals surface area contributed by atoms with Crippen molar-refractivity contribution in [3.05, 3.63) is 83.4 Å². The summed E-state index contributed by atoms with van der Waals surface area (Å²) in [6.45, 7) is 2.44. The van der Waals surface area contributed by atoms with Crippen molar-refractivity contribution in [1.29, 1.82) is 0 Å². The molecule has 2 aromatic carbocycles. The van der Waals surface area contributed by atoms with Gasteiger partial charge in [-0.2, -0.15) is 0 Å². The highest BCUT2D eigenvalue weighted by Gasteiger charge is 2.16. The summed E-state index contributed by atoms with van der Waals surface area (Å²) >= 11 is 0. The van der Waals surface area contributed by atoms with Crippen LogP contribution in [0.25, 0.3) is 0 Å². The maximum Gasteiger partial charge on any atom is 0.191 e. The molecule has 0 fully saturated rings. The van der Waals surface area contributed by atoms with Crippen molar-refractivity contribution < 1.29 is 0 Å². The normalized spacial score (nSPS) is 14.8. The molecular weight excluding hydrogens is 372 g/mol. The van der Waals surface area contributed by atoms with Gasteiger partial charge in [0.2, 0.25) is 0 Å². The van der Waals surface area contributed by atoms with Gasteiger partial charge in [-0.05, 0) is 30.4 Å². The second-order valence-corrected chi connectivity index (χ2v) is 7.75. The van der Waals surface area contributed by atoms with Crippen molar-refractivity contribution in [3.8, 4) is 0 Å². The molecule has 2 heterocycles. The lowest BCUT2D eigenvalue weighted by Crippen LogP contribution is -2.39. The highest BCUT2D eigenvalue weighted by atomic mass is 15.3. The highest BCUT2D eigenvalue weighted by molar-refractivity contribution is 5.79. The molecule has 0 saturated carbocycles. The minimum absolute atomic E-state index is 0.355. The van der Waals surface area contributed by atoms with E-state index in [1.54, 1.807) is 0 Å². The number of aryl methyl sites for hydroxylation is 1. The molecule has 3 aromatic rings. The Kier molecular flexibility index (Phi) is 6.75. The Balaban J connectivity index is 1.38. The first kappa shape index (κ1) is 20.1. The van der Waals surface area contributed by atoms with Crippen LogP contribution in [0.1, 0.15) is 41.5 Å². The topological polar surface area (TPSA) is 67.1 Å². The lowest BCUT2D eigenvalue weighted by Gasteiger charge is -2.20. The van der Waals surface area contributed by atoms with Crippen LogP contribution in [0.3, 0.4) is 0 Å². The highest BCUT2D eigenvalue weighted by Crippen LogP contribution is 2.20. The van der Waals surface area contributed by atoms with Gasteiger partial charge < -0.3 is 15.2 Å². The number of fused-ring (bicyclic) bond motifs is 1. The van der Waals surface area contributed by atoms with Gasteiger partial charge in [-0.15, -0.1) is 10.2 Å². The summed E-state index contributed by atoms with van der Waals surface area (Å²) in [7, 11) is 1.81. The number of guanidine groups is 1. The number of aliphatic imine (C=N–C) groups is 1. The van der Waals surface area contributed by atoms with E-state index in [1.807, 2.05) is 7.05 Å². The van der Waals surface area contributed by atoms with Gasteiger partial charge in [0.25, 0.3) is 0 Å². The number of nitrogens with one attached hydrogen (secondary N) is 2. The monoisotopic (exact) mass is 402 g/mol. The Hall–Kier alpha value is -3.15. The van der Waals surface area contributed by atoms with Crippen molar-refractivity contribution in [2.24, 2.45) is 4.99 Å². The number of benzene rings is 2.